The van der Waals surface area contributed by atoms with Crippen molar-refractivity contribution in [3.8, 4) is 0 Å². The zero-order chi connectivity index (χ0) is 13.8. The molecule has 1 aliphatic carbocycles. The first-order chi connectivity index (χ1) is 9.90. The average molecular weight is 268 g/mol. The van der Waals surface area contributed by atoms with Gasteiger partial charge < -0.3 is 5.32 Å². The van der Waals surface area contributed by atoms with Gasteiger partial charge in [0.15, 0.2) is 0 Å². The summed E-state index contributed by atoms with van der Waals surface area (Å²) >= 11 is 0. The molecule has 1 N–H and O–H groups in total. The number of fused-ring (bicyclic) bond motifs is 1. The molecule has 1 fully saturated rings. The van der Waals surface area contributed by atoms with Gasteiger partial charge in [0, 0.05) is 23.8 Å². The minimum atomic E-state index is 0.491. The maximum atomic E-state index is 4.34. The molecule has 1 aliphatic rings. The minimum Gasteiger partial charge on any atom is -0.310 e. The maximum Gasteiger partial charge on any atom is 0.0355 e. The number of pyridine rings is 1. The molecule has 2 nitrogen and oxygen atoms in total. The average Bonchev–Trinajstić information content (AvgIpc) is 3.02. The summed E-state index contributed by atoms with van der Waals surface area (Å²) in [4.78, 5) is 4.34. The second kappa shape index (κ2) is 6.36. The maximum absolute atomic E-state index is 4.34. The molecule has 2 heteroatoms. The number of nitrogens with zero attached hydrogens (tertiary/aromatic N) is 1. The van der Waals surface area contributed by atoms with E-state index < -0.39 is 0 Å². The van der Waals surface area contributed by atoms with E-state index >= 15 is 0 Å². The van der Waals surface area contributed by atoms with Crippen molar-refractivity contribution in [1.82, 2.24) is 10.3 Å². The molecule has 0 aliphatic heterocycles. The fourth-order valence-electron chi connectivity index (χ4n) is 3.53. The van der Waals surface area contributed by atoms with Gasteiger partial charge in [-0.3, -0.25) is 4.98 Å². The first kappa shape index (κ1) is 13.6. The molecule has 2 aromatic rings. The van der Waals surface area contributed by atoms with Gasteiger partial charge in [0.2, 0.25) is 0 Å². The van der Waals surface area contributed by atoms with E-state index in [-0.39, 0.29) is 0 Å². The van der Waals surface area contributed by atoms with Crippen LogP contribution in [-0.2, 0) is 0 Å². The number of hydrogen-bond acceptors (Lipinski definition) is 2. The van der Waals surface area contributed by atoms with Crippen molar-refractivity contribution in [3.63, 3.8) is 0 Å². The summed E-state index contributed by atoms with van der Waals surface area (Å²) in [6.07, 6.45) is 10.6. The molecular weight excluding hydrogens is 244 g/mol. The molecule has 0 radical (unpaired) electrons. The van der Waals surface area contributed by atoms with Crippen LogP contribution in [0.2, 0.25) is 0 Å². The van der Waals surface area contributed by atoms with E-state index in [0.29, 0.717) is 6.04 Å². The van der Waals surface area contributed by atoms with Crippen LogP contribution < -0.4 is 5.32 Å². The van der Waals surface area contributed by atoms with Crippen molar-refractivity contribution in [2.24, 2.45) is 5.92 Å². The zero-order valence-corrected chi connectivity index (χ0v) is 12.3. The van der Waals surface area contributed by atoms with Crippen LogP contribution in [0.4, 0.5) is 0 Å². The molecule has 20 heavy (non-hydrogen) atoms. The summed E-state index contributed by atoms with van der Waals surface area (Å²) in [6.45, 7) is 3.33. The molecule has 1 unspecified atom stereocenters. The van der Waals surface area contributed by atoms with Crippen LogP contribution >= 0.6 is 0 Å². The van der Waals surface area contributed by atoms with Gasteiger partial charge >= 0.3 is 0 Å². The third kappa shape index (κ3) is 2.71. The monoisotopic (exact) mass is 268 g/mol. The highest BCUT2D eigenvalue weighted by Gasteiger charge is 2.26. The molecule has 3 rings (SSSR count). The van der Waals surface area contributed by atoms with E-state index in [1.807, 2.05) is 12.4 Å². The fraction of sp³-hybridized carbons (Fsp3) is 0.500. The van der Waals surface area contributed by atoms with Crippen molar-refractivity contribution >= 4 is 10.8 Å². The van der Waals surface area contributed by atoms with Gasteiger partial charge in [0.25, 0.3) is 0 Å². The van der Waals surface area contributed by atoms with Crippen LogP contribution in [-0.4, -0.2) is 11.5 Å². The Balaban J connectivity index is 1.99. The van der Waals surface area contributed by atoms with Gasteiger partial charge in [-0.15, -0.1) is 0 Å². The molecule has 1 aromatic heterocycles. The van der Waals surface area contributed by atoms with E-state index in [1.165, 1.54) is 48.4 Å². The summed E-state index contributed by atoms with van der Waals surface area (Å²) in [5, 5.41) is 6.41. The Labute approximate surface area is 121 Å². The lowest BCUT2D eigenvalue weighted by Crippen LogP contribution is -2.28. The van der Waals surface area contributed by atoms with Crippen molar-refractivity contribution in [3.05, 3.63) is 42.2 Å². The lowest BCUT2D eigenvalue weighted by Gasteiger charge is -2.26. The Kier molecular flexibility index (Phi) is 4.31. The molecule has 0 saturated heterocycles. The topological polar surface area (TPSA) is 24.9 Å². The van der Waals surface area contributed by atoms with E-state index in [0.717, 1.165) is 12.5 Å². The lowest BCUT2D eigenvalue weighted by molar-refractivity contribution is 0.370. The number of benzene rings is 1. The van der Waals surface area contributed by atoms with Gasteiger partial charge in [0.05, 0.1) is 0 Å². The molecular formula is C18H24N2. The van der Waals surface area contributed by atoms with Crippen LogP contribution in [0.1, 0.15) is 50.6 Å². The zero-order valence-electron chi connectivity index (χ0n) is 12.3. The second-order valence-corrected chi connectivity index (χ2v) is 5.92. The van der Waals surface area contributed by atoms with Crippen molar-refractivity contribution < 1.29 is 0 Å². The highest BCUT2D eigenvalue weighted by molar-refractivity contribution is 5.85. The second-order valence-electron chi connectivity index (χ2n) is 5.92. The number of aromatic nitrogens is 1. The van der Waals surface area contributed by atoms with Gasteiger partial charge in [-0.2, -0.15) is 0 Å². The van der Waals surface area contributed by atoms with E-state index in [4.69, 9.17) is 0 Å². The molecule has 1 aromatic carbocycles. The van der Waals surface area contributed by atoms with Crippen LogP contribution in [0.15, 0.2) is 36.7 Å². The Morgan fingerprint density at radius 2 is 2.10 bits per heavy atom. The molecule has 0 bridgehead atoms. The summed E-state index contributed by atoms with van der Waals surface area (Å²) in [5.41, 5.74) is 1.44. The highest BCUT2D eigenvalue weighted by atomic mass is 14.9. The predicted molar refractivity (Wildman–Crippen MR) is 84.7 cm³/mol. The molecule has 1 saturated carbocycles. The fourth-order valence-corrected chi connectivity index (χ4v) is 3.53. The normalized spacial score (nSPS) is 17.6. The van der Waals surface area contributed by atoms with Crippen LogP contribution in [0.25, 0.3) is 10.8 Å². The van der Waals surface area contributed by atoms with Crippen molar-refractivity contribution in [2.45, 2.75) is 45.1 Å². The predicted octanol–water partition coefficient (Wildman–Crippen LogP) is 4.47. The lowest BCUT2D eigenvalue weighted by atomic mass is 9.89. The van der Waals surface area contributed by atoms with Gasteiger partial charge in [-0.1, -0.05) is 38.0 Å². The Bertz CT molecular complexity index is 553. The minimum absolute atomic E-state index is 0.491. The number of nitrogens with one attached hydrogen (secondary N) is 1. The van der Waals surface area contributed by atoms with Crippen LogP contribution in [0.5, 0.6) is 0 Å². The summed E-state index contributed by atoms with van der Waals surface area (Å²) in [7, 11) is 0. The first-order valence-corrected chi connectivity index (χ1v) is 7.96. The highest BCUT2D eigenvalue weighted by Crippen LogP contribution is 2.37. The van der Waals surface area contributed by atoms with Crippen LogP contribution in [0.3, 0.4) is 0 Å². The standard InChI is InChI=1S/C18H24N2/c1-2-11-20-18(15-6-3-4-7-15)16-9-5-8-14-10-12-19-13-17(14)16/h5,8-10,12-13,15,18,20H,2-4,6-7,11H2,1H3. The summed E-state index contributed by atoms with van der Waals surface area (Å²) in [5.74, 6) is 0.785. The molecule has 1 atom stereocenters. The largest absolute Gasteiger partial charge is 0.310 e. The van der Waals surface area contributed by atoms with E-state index in [9.17, 15) is 0 Å². The molecule has 0 amide bonds. The Morgan fingerprint density at radius 1 is 1.25 bits per heavy atom. The first-order valence-electron chi connectivity index (χ1n) is 7.96. The van der Waals surface area contributed by atoms with E-state index in [2.05, 4.69) is 41.5 Å². The summed E-state index contributed by atoms with van der Waals surface area (Å²) in [6, 6.07) is 9.27. The summed E-state index contributed by atoms with van der Waals surface area (Å²) < 4.78 is 0. The molecule has 1 heterocycles. The van der Waals surface area contributed by atoms with Gasteiger partial charge in [-0.05, 0) is 48.7 Å². The molecule has 106 valence electrons. The van der Waals surface area contributed by atoms with Gasteiger partial charge in [-0.25, -0.2) is 0 Å². The SMILES string of the molecule is CCCNC(c1cccc2ccncc12)C1CCCC1. The molecule has 0 spiro atoms. The van der Waals surface area contributed by atoms with E-state index in [1.54, 1.807) is 0 Å². The Morgan fingerprint density at radius 3 is 2.90 bits per heavy atom. The third-order valence-electron chi connectivity index (χ3n) is 4.54. The van der Waals surface area contributed by atoms with Gasteiger partial charge in [0.1, 0.15) is 0 Å². The van der Waals surface area contributed by atoms with Crippen molar-refractivity contribution in [2.75, 3.05) is 6.54 Å². The van der Waals surface area contributed by atoms with Crippen molar-refractivity contribution in [1.29, 1.82) is 0 Å². The number of rotatable bonds is 5. The van der Waals surface area contributed by atoms with Crippen LogP contribution in [0, 0.1) is 5.92 Å². The number of hydrogen-bond donors (Lipinski definition) is 1. The smallest absolute Gasteiger partial charge is 0.0355 e. The third-order valence-corrected chi connectivity index (χ3v) is 4.54. The quantitative estimate of drug-likeness (QED) is 0.865. The Hall–Kier alpha value is -1.41.